The summed E-state index contributed by atoms with van der Waals surface area (Å²) in [5.74, 6) is 1.20. The van der Waals surface area contributed by atoms with Gasteiger partial charge in [-0.1, -0.05) is 30.3 Å². The molecule has 1 saturated carbocycles. The lowest BCUT2D eigenvalue weighted by molar-refractivity contribution is -0.121. The van der Waals surface area contributed by atoms with Crippen LogP contribution in [0.2, 0.25) is 0 Å². The predicted octanol–water partition coefficient (Wildman–Crippen LogP) is 1.65. The zero-order chi connectivity index (χ0) is 13.1. The molecule has 1 saturated heterocycles. The van der Waals surface area contributed by atoms with Crippen molar-refractivity contribution in [3.8, 4) is 0 Å². The second kappa shape index (κ2) is 5.85. The first-order chi connectivity index (χ1) is 9.34. The lowest BCUT2D eigenvalue weighted by Gasteiger charge is -2.18. The molecule has 3 heteroatoms. The SMILES string of the molecule is O=C(CN1CCCNCC1)C1CC1c1ccccc1. The van der Waals surface area contributed by atoms with E-state index < -0.39 is 0 Å². The number of rotatable bonds is 4. The van der Waals surface area contributed by atoms with Crippen molar-refractivity contribution in [1.29, 1.82) is 0 Å². The summed E-state index contributed by atoms with van der Waals surface area (Å²) in [4.78, 5) is 14.6. The summed E-state index contributed by atoms with van der Waals surface area (Å²) >= 11 is 0. The van der Waals surface area contributed by atoms with Gasteiger partial charge in [0.05, 0.1) is 6.54 Å². The second-order valence-corrected chi connectivity index (χ2v) is 5.71. The van der Waals surface area contributed by atoms with E-state index in [0.717, 1.165) is 39.0 Å². The van der Waals surface area contributed by atoms with Gasteiger partial charge in [0.1, 0.15) is 0 Å². The van der Waals surface area contributed by atoms with Gasteiger partial charge in [0.2, 0.25) is 0 Å². The molecule has 2 atom stereocenters. The topological polar surface area (TPSA) is 32.3 Å². The van der Waals surface area contributed by atoms with Crippen molar-refractivity contribution in [2.24, 2.45) is 5.92 Å². The van der Waals surface area contributed by atoms with E-state index in [1.165, 1.54) is 5.56 Å². The third-order valence-electron chi connectivity index (χ3n) is 4.24. The molecule has 1 aromatic rings. The van der Waals surface area contributed by atoms with Crippen LogP contribution in [-0.4, -0.2) is 43.4 Å². The number of carbonyl (C=O) groups is 1. The van der Waals surface area contributed by atoms with Crippen molar-refractivity contribution in [3.63, 3.8) is 0 Å². The lowest BCUT2D eigenvalue weighted by Crippen LogP contribution is -2.33. The molecule has 0 aromatic heterocycles. The van der Waals surface area contributed by atoms with Crippen molar-refractivity contribution in [3.05, 3.63) is 35.9 Å². The zero-order valence-corrected chi connectivity index (χ0v) is 11.3. The third kappa shape index (κ3) is 3.23. The number of nitrogens with zero attached hydrogens (tertiary/aromatic N) is 1. The molecule has 2 fully saturated rings. The standard InChI is InChI=1S/C16H22N2O/c19-16(12-18-9-4-7-17-8-10-18)15-11-14(15)13-5-2-1-3-6-13/h1-3,5-6,14-15,17H,4,7-12H2. The minimum atomic E-state index is 0.276. The van der Waals surface area contributed by atoms with Crippen molar-refractivity contribution in [1.82, 2.24) is 10.2 Å². The van der Waals surface area contributed by atoms with Gasteiger partial charge in [-0.2, -0.15) is 0 Å². The fourth-order valence-electron chi connectivity index (χ4n) is 3.02. The fraction of sp³-hybridized carbons (Fsp3) is 0.562. The maximum absolute atomic E-state index is 12.3. The van der Waals surface area contributed by atoms with E-state index in [1.54, 1.807) is 0 Å². The highest BCUT2D eigenvalue weighted by Crippen LogP contribution is 2.47. The van der Waals surface area contributed by atoms with Crippen LogP contribution in [0.5, 0.6) is 0 Å². The Hall–Kier alpha value is -1.19. The van der Waals surface area contributed by atoms with E-state index >= 15 is 0 Å². The first kappa shape index (κ1) is 12.8. The largest absolute Gasteiger partial charge is 0.315 e. The first-order valence-electron chi connectivity index (χ1n) is 7.35. The molecule has 2 unspecified atom stereocenters. The molecule has 1 N–H and O–H groups in total. The molecule has 0 radical (unpaired) electrons. The quantitative estimate of drug-likeness (QED) is 0.891. The molecule has 0 spiro atoms. The average molecular weight is 258 g/mol. The van der Waals surface area contributed by atoms with Gasteiger partial charge in [-0.3, -0.25) is 9.69 Å². The minimum absolute atomic E-state index is 0.276. The highest BCUT2D eigenvalue weighted by Gasteiger charge is 2.43. The summed E-state index contributed by atoms with van der Waals surface area (Å²) in [7, 11) is 0. The van der Waals surface area contributed by atoms with E-state index in [2.05, 4.69) is 34.5 Å². The third-order valence-corrected chi connectivity index (χ3v) is 4.24. The molecule has 1 aromatic carbocycles. The van der Waals surface area contributed by atoms with Crippen molar-refractivity contribution >= 4 is 5.78 Å². The smallest absolute Gasteiger partial charge is 0.150 e. The van der Waals surface area contributed by atoms with Gasteiger partial charge in [-0.05, 0) is 37.4 Å². The molecular formula is C16H22N2O. The molecule has 0 amide bonds. The molecule has 3 rings (SSSR count). The van der Waals surface area contributed by atoms with Crippen LogP contribution in [0.4, 0.5) is 0 Å². The van der Waals surface area contributed by atoms with Crippen molar-refractivity contribution < 1.29 is 4.79 Å². The number of carbonyl (C=O) groups excluding carboxylic acids is 1. The monoisotopic (exact) mass is 258 g/mol. The molecule has 2 aliphatic rings. The number of nitrogens with one attached hydrogen (secondary N) is 1. The Kier molecular flexibility index (Phi) is 3.95. The molecule has 3 nitrogen and oxygen atoms in total. The van der Waals surface area contributed by atoms with Gasteiger partial charge in [-0.25, -0.2) is 0 Å². The molecule has 102 valence electrons. The van der Waals surface area contributed by atoms with E-state index in [4.69, 9.17) is 0 Å². The summed E-state index contributed by atoms with van der Waals surface area (Å²) in [6, 6.07) is 10.5. The van der Waals surface area contributed by atoms with Gasteiger partial charge < -0.3 is 5.32 Å². The molecule has 1 heterocycles. The summed E-state index contributed by atoms with van der Waals surface area (Å²) in [6.07, 6.45) is 2.20. The molecule has 1 aliphatic carbocycles. The van der Waals surface area contributed by atoms with Crippen molar-refractivity contribution in [2.75, 3.05) is 32.7 Å². The highest BCUT2D eigenvalue weighted by molar-refractivity contribution is 5.86. The number of ketones is 1. The second-order valence-electron chi connectivity index (χ2n) is 5.71. The molecule has 19 heavy (non-hydrogen) atoms. The summed E-state index contributed by atoms with van der Waals surface area (Å²) in [5.41, 5.74) is 1.33. The van der Waals surface area contributed by atoms with Crippen LogP contribution in [-0.2, 0) is 4.79 Å². The number of hydrogen-bond acceptors (Lipinski definition) is 3. The van der Waals surface area contributed by atoms with Crippen LogP contribution < -0.4 is 5.32 Å². The highest BCUT2D eigenvalue weighted by atomic mass is 16.1. The van der Waals surface area contributed by atoms with Crippen LogP contribution in [0.3, 0.4) is 0 Å². The van der Waals surface area contributed by atoms with Gasteiger partial charge in [0.15, 0.2) is 5.78 Å². The normalized spacial score (nSPS) is 27.8. The maximum atomic E-state index is 12.3. The van der Waals surface area contributed by atoms with Gasteiger partial charge in [0.25, 0.3) is 0 Å². The Balaban J connectivity index is 1.52. The van der Waals surface area contributed by atoms with Gasteiger partial charge in [-0.15, -0.1) is 0 Å². The summed E-state index contributed by atoms with van der Waals surface area (Å²) in [6.45, 7) is 4.81. The predicted molar refractivity (Wildman–Crippen MR) is 76.2 cm³/mol. The van der Waals surface area contributed by atoms with Gasteiger partial charge >= 0.3 is 0 Å². The summed E-state index contributed by atoms with van der Waals surface area (Å²) < 4.78 is 0. The minimum Gasteiger partial charge on any atom is -0.315 e. The number of benzene rings is 1. The Bertz CT molecular complexity index is 424. The molecule has 0 bridgehead atoms. The molecular weight excluding hydrogens is 236 g/mol. The lowest BCUT2D eigenvalue weighted by atomic mass is 10.1. The zero-order valence-electron chi connectivity index (χ0n) is 11.3. The summed E-state index contributed by atoms with van der Waals surface area (Å²) in [5, 5.41) is 3.38. The van der Waals surface area contributed by atoms with E-state index in [1.807, 2.05) is 6.07 Å². The van der Waals surface area contributed by atoms with Crippen LogP contribution in [0.1, 0.15) is 24.3 Å². The van der Waals surface area contributed by atoms with Crippen LogP contribution in [0.25, 0.3) is 0 Å². The van der Waals surface area contributed by atoms with E-state index in [0.29, 0.717) is 18.2 Å². The van der Waals surface area contributed by atoms with Crippen LogP contribution in [0, 0.1) is 5.92 Å². The Labute approximate surface area is 115 Å². The maximum Gasteiger partial charge on any atom is 0.150 e. The Morgan fingerprint density at radius 2 is 2.05 bits per heavy atom. The van der Waals surface area contributed by atoms with E-state index in [9.17, 15) is 4.79 Å². The molecule has 1 aliphatic heterocycles. The van der Waals surface area contributed by atoms with Gasteiger partial charge in [0, 0.05) is 19.0 Å². The fourth-order valence-corrected chi connectivity index (χ4v) is 3.02. The number of Topliss-reactive ketones (excluding diaryl/α,β-unsaturated/α-hetero) is 1. The first-order valence-corrected chi connectivity index (χ1v) is 7.35. The number of hydrogen-bond donors (Lipinski definition) is 1. The van der Waals surface area contributed by atoms with Crippen LogP contribution in [0.15, 0.2) is 30.3 Å². The van der Waals surface area contributed by atoms with E-state index in [-0.39, 0.29) is 5.92 Å². The van der Waals surface area contributed by atoms with Crippen molar-refractivity contribution in [2.45, 2.75) is 18.8 Å². The average Bonchev–Trinajstić information content (AvgIpc) is 3.24. The Morgan fingerprint density at radius 1 is 1.21 bits per heavy atom. The Morgan fingerprint density at radius 3 is 2.89 bits per heavy atom. The van der Waals surface area contributed by atoms with Crippen LogP contribution >= 0.6 is 0 Å².